The van der Waals surface area contributed by atoms with Gasteiger partial charge in [-0.2, -0.15) is 0 Å². The first kappa shape index (κ1) is 60.0. The van der Waals surface area contributed by atoms with Crippen molar-refractivity contribution in [3.05, 3.63) is 24.3 Å². The number of allylic oxidation sites excluding steroid dienone is 4. The number of rotatable bonds is 48. The van der Waals surface area contributed by atoms with E-state index < -0.39 is 51.1 Å². The van der Waals surface area contributed by atoms with E-state index in [2.05, 4.69) is 42.7 Å². The molecule has 62 heavy (non-hydrogen) atoms. The number of hydrogen-bond donors (Lipinski definition) is 3. The highest BCUT2D eigenvalue weighted by molar-refractivity contribution is 7.47. The van der Waals surface area contributed by atoms with Crippen molar-refractivity contribution in [1.82, 2.24) is 0 Å². The number of carboxylic acid groups (broad SMARTS) is 1. The molecule has 4 N–H and O–H groups in total. The van der Waals surface area contributed by atoms with Crippen LogP contribution in [-0.2, 0) is 37.5 Å². The Kier molecular flexibility index (Phi) is 44.0. The molecule has 11 nitrogen and oxygen atoms in total. The second-order valence-corrected chi connectivity index (χ2v) is 18.8. The van der Waals surface area contributed by atoms with Gasteiger partial charge in [0.2, 0.25) is 0 Å². The lowest BCUT2D eigenvalue weighted by molar-refractivity contribution is -0.161. The number of esters is 2. The van der Waals surface area contributed by atoms with E-state index in [1.165, 1.54) is 154 Å². The van der Waals surface area contributed by atoms with E-state index in [0.29, 0.717) is 12.8 Å². The Hall–Kier alpha value is -2.04. The highest BCUT2D eigenvalue weighted by Gasteiger charge is 2.28. The fourth-order valence-electron chi connectivity index (χ4n) is 7.17. The van der Waals surface area contributed by atoms with E-state index in [-0.39, 0.29) is 19.4 Å². The maximum absolute atomic E-state index is 12.7. The van der Waals surface area contributed by atoms with Crippen LogP contribution in [0.5, 0.6) is 0 Å². The molecule has 0 heterocycles. The molecule has 364 valence electrons. The Balaban J connectivity index is 4.26. The van der Waals surface area contributed by atoms with Crippen molar-refractivity contribution in [3.8, 4) is 0 Å². The standard InChI is InChI=1S/C50H94NO10P/c1-3-5-7-9-11-13-15-17-19-21-23-25-27-29-31-33-35-37-39-41-48(52)58-43-46(44-59-62(56,57)60-45-47(51)50(54)55)61-49(53)42-40-38-36-34-32-30-28-26-24-22-20-18-16-14-12-10-8-6-4-2/h21-24,46-47H,3-20,25-45,51H2,1-2H3,(H,54,55)(H,56,57)/b23-21-,24-22-/t46-,47+/m1/s1. The average Bonchev–Trinajstić information content (AvgIpc) is 3.25. The molecule has 0 saturated heterocycles. The quantitative estimate of drug-likeness (QED) is 0.0230. The number of unbranched alkanes of at least 4 members (excludes halogenated alkanes) is 30. The molecule has 0 amide bonds. The molecule has 0 aromatic rings. The first-order valence-electron chi connectivity index (χ1n) is 25.4. The Morgan fingerprint density at radius 3 is 1.18 bits per heavy atom. The predicted octanol–water partition coefficient (Wildman–Crippen LogP) is 14.2. The van der Waals surface area contributed by atoms with Crippen molar-refractivity contribution in [2.45, 2.75) is 257 Å². The van der Waals surface area contributed by atoms with Crippen LogP contribution < -0.4 is 5.73 Å². The second-order valence-electron chi connectivity index (χ2n) is 17.3. The summed E-state index contributed by atoms with van der Waals surface area (Å²) >= 11 is 0. The van der Waals surface area contributed by atoms with Gasteiger partial charge in [-0.25, -0.2) is 4.57 Å². The maximum atomic E-state index is 12.7. The number of aliphatic carboxylic acids is 1. The van der Waals surface area contributed by atoms with E-state index >= 15 is 0 Å². The van der Waals surface area contributed by atoms with Crippen LogP contribution in [0.3, 0.4) is 0 Å². The zero-order valence-electron chi connectivity index (χ0n) is 39.7. The summed E-state index contributed by atoms with van der Waals surface area (Å²) in [5.74, 6) is -2.38. The van der Waals surface area contributed by atoms with E-state index in [0.717, 1.165) is 51.4 Å². The maximum Gasteiger partial charge on any atom is 0.472 e. The van der Waals surface area contributed by atoms with Crippen LogP contribution in [0.2, 0.25) is 0 Å². The minimum absolute atomic E-state index is 0.158. The highest BCUT2D eigenvalue weighted by atomic mass is 31.2. The molecule has 0 fully saturated rings. The molecule has 3 atom stereocenters. The molecule has 0 bridgehead atoms. The lowest BCUT2D eigenvalue weighted by Crippen LogP contribution is -2.34. The highest BCUT2D eigenvalue weighted by Crippen LogP contribution is 2.43. The summed E-state index contributed by atoms with van der Waals surface area (Å²) in [7, 11) is -4.72. The molecule has 0 aliphatic heterocycles. The van der Waals surface area contributed by atoms with Crippen LogP contribution in [0.1, 0.15) is 245 Å². The number of carbonyl (C=O) groups is 3. The van der Waals surface area contributed by atoms with Crippen LogP contribution in [-0.4, -0.2) is 59.9 Å². The summed E-state index contributed by atoms with van der Waals surface area (Å²) in [5, 5.41) is 8.92. The Morgan fingerprint density at radius 2 is 0.806 bits per heavy atom. The summed E-state index contributed by atoms with van der Waals surface area (Å²) in [6.45, 7) is 2.83. The summed E-state index contributed by atoms with van der Waals surface area (Å²) in [4.78, 5) is 46.2. The fraction of sp³-hybridized carbons (Fsp3) is 0.860. The molecule has 0 aromatic heterocycles. The largest absolute Gasteiger partial charge is 0.480 e. The molecule has 0 spiro atoms. The van der Waals surface area contributed by atoms with Gasteiger partial charge in [-0.05, 0) is 64.2 Å². The normalized spacial score (nSPS) is 13.7. The number of phosphoric ester groups is 1. The van der Waals surface area contributed by atoms with Gasteiger partial charge in [0.1, 0.15) is 12.6 Å². The molecular weight excluding hydrogens is 806 g/mol. The monoisotopic (exact) mass is 900 g/mol. The molecule has 0 aromatic carbocycles. The Labute approximate surface area is 379 Å². The Bertz CT molecular complexity index is 1150. The topological polar surface area (TPSA) is 172 Å². The van der Waals surface area contributed by atoms with Crippen LogP contribution in [0.15, 0.2) is 24.3 Å². The van der Waals surface area contributed by atoms with Crippen molar-refractivity contribution in [2.75, 3.05) is 19.8 Å². The van der Waals surface area contributed by atoms with Crippen LogP contribution >= 0.6 is 7.82 Å². The minimum Gasteiger partial charge on any atom is -0.480 e. The summed E-state index contributed by atoms with van der Waals surface area (Å²) < 4.78 is 32.8. The van der Waals surface area contributed by atoms with Gasteiger partial charge in [-0.1, -0.05) is 192 Å². The van der Waals surface area contributed by atoms with Gasteiger partial charge in [0.25, 0.3) is 0 Å². The lowest BCUT2D eigenvalue weighted by atomic mass is 10.1. The van der Waals surface area contributed by atoms with Gasteiger partial charge in [0.05, 0.1) is 13.2 Å². The molecule has 1 unspecified atom stereocenters. The molecule has 0 saturated carbocycles. The lowest BCUT2D eigenvalue weighted by Gasteiger charge is -2.20. The van der Waals surface area contributed by atoms with Gasteiger partial charge >= 0.3 is 25.7 Å². The van der Waals surface area contributed by atoms with E-state index in [1.807, 2.05) is 0 Å². The predicted molar refractivity (Wildman–Crippen MR) is 254 cm³/mol. The zero-order chi connectivity index (χ0) is 45.6. The van der Waals surface area contributed by atoms with Crippen molar-refractivity contribution in [1.29, 1.82) is 0 Å². The summed E-state index contributed by atoms with van der Waals surface area (Å²) in [5.41, 5.74) is 5.35. The van der Waals surface area contributed by atoms with Crippen LogP contribution in [0, 0.1) is 0 Å². The van der Waals surface area contributed by atoms with E-state index in [9.17, 15) is 23.8 Å². The average molecular weight is 900 g/mol. The molecule has 12 heteroatoms. The summed E-state index contributed by atoms with van der Waals surface area (Å²) in [6, 6.07) is -1.52. The van der Waals surface area contributed by atoms with Crippen molar-refractivity contribution >= 4 is 25.7 Å². The Morgan fingerprint density at radius 1 is 0.484 bits per heavy atom. The van der Waals surface area contributed by atoms with Crippen LogP contribution in [0.25, 0.3) is 0 Å². The minimum atomic E-state index is -4.72. The number of carbonyl (C=O) groups excluding carboxylic acids is 2. The number of hydrogen-bond acceptors (Lipinski definition) is 9. The SMILES string of the molecule is CCCCCCCCCC/C=C\CCCCCCCCCC(=O)OC[C@H](COP(=O)(O)OC[C@H](N)C(=O)O)OC(=O)CCCCCCCCC/C=C\CCCCCCCCCC. The molecule has 0 aliphatic rings. The zero-order valence-corrected chi connectivity index (χ0v) is 40.6. The summed E-state index contributed by atoms with van der Waals surface area (Å²) in [6.07, 6.45) is 49.5. The first-order chi connectivity index (χ1) is 30.1. The van der Waals surface area contributed by atoms with Gasteiger partial charge < -0.3 is 25.2 Å². The number of carboxylic acids is 1. The van der Waals surface area contributed by atoms with Gasteiger partial charge in [-0.15, -0.1) is 0 Å². The molecular formula is C50H94NO10P. The van der Waals surface area contributed by atoms with Crippen molar-refractivity contribution in [3.63, 3.8) is 0 Å². The number of nitrogens with two attached hydrogens (primary N) is 1. The van der Waals surface area contributed by atoms with Gasteiger partial charge in [-0.3, -0.25) is 23.4 Å². The smallest absolute Gasteiger partial charge is 0.472 e. The van der Waals surface area contributed by atoms with E-state index in [1.54, 1.807) is 0 Å². The van der Waals surface area contributed by atoms with Crippen molar-refractivity contribution < 1.29 is 47.5 Å². The third-order valence-electron chi connectivity index (χ3n) is 11.2. The molecule has 0 rings (SSSR count). The first-order valence-corrected chi connectivity index (χ1v) is 26.9. The second kappa shape index (κ2) is 45.5. The third-order valence-corrected chi connectivity index (χ3v) is 12.1. The third kappa shape index (κ3) is 44.6. The van der Waals surface area contributed by atoms with Crippen molar-refractivity contribution in [2.24, 2.45) is 5.73 Å². The van der Waals surface area contributed by atoms with Gasteiger partial charge in [0, 0.05) is 12.8 Å². The van der Waals surface area contributed by atoms with Crippen LogP contribution in [0.4, 0.5) is 0 Å². The number of ether oxygens (including phenoxy) is 2. The van der Waals surface area contributed by atoms with E-state index in [4.69, 9.17) is 24.8 Å². The molecule has 0 radical (unpaired) electrons. The number of phosphoric acid groups is 1. The fourth-order valence-corrected chi connectivity index (χ4v) is 7.95. The van der Waals surface area contributed by atoms with Gasteiger partial charge in [0.15, 0.2) is 6.10 Å². The molecule has 0 aliphatic carbocycles.